The minimum Gasteiger partial charge on any atom is -0.484 e. The number of amides is 1. The average molecular weight is 380 g/mol. The Balaban J connectivity index is 1.59. The number of furan rings is 1. The van der Waals surface area contributed by atoms with Gasteiger partial charge in [-0.1, -0.05) is 30.3 Å². The Morgan fingerprint density at radius 3 is 2.79 bits per heavy atom. The molecule has 0 spiro atoms. The average Bonchev–Trinajstić information content (AvgIpc) is 3.09. The van der Waals surface area contributed by atoms with E-state index in [2.05, 4.69) is 10.3 Å². The molecule has 1 aromatic heterocycles. The molecular formula is C21H24N4O3. The van der Waals surface area contributed by atoms with Crippen molar-refractivity contribution < 1.29 is 13.9 Å². The van der Waals surface area contributed by atoms with E-state index in [1.54, 1.807) is 13.1 Å². The molecule has 7 heteroatoms. The fraction of sp³-hybridized carbons (Fsp3) is 0.238. The molecule has 0 atom stereocenters. The molecule has 0 aliphatic carbocycles. The van der Waals surface area contributed by atoms with E-state index in [9.17, 15) is 4.79 Å². The maximum Gasteiger partial charge on any atom is 0.255 e. The van der Waals surface area contributed by atoms with Gasteiger partial charge >= 0.3 is 0 Å². The molecule has 3 rings (SSSR count). The molecule has 0 saturated heterocycles. The van der Waals surface area contributed by atoms with Gasteiger partial charge < -0.3 is 25.1 Å². The number of rotatable bonds is 7. The maximum absolute atomic E-state index is 10.8. The first-order chi connectivity index (χ1) is 13.5. The topological polar surface area (TPSA) is 93.1 Å². The summed E-state index contributed by atoms with van der Waals surface area (Å²) < 4.78 is 11.2. The highest BCUT2D eigenvalue weighted by atomic mass is 16.5. The summed E-state index contributed by atoms with van der Waals surface area (Å²) >= 11 is 0. The maximum atomic E-state index is 10.8. The lowest BCUT2D eigenvalue weighted by Gasteiger charge is -2.21. The van der Waals surface area contributed by atoms with Gasteiger partial charge in [0.15, 0.2) is 12.6 Å². The van der Waals surface area contributed by atoms with Crippen LogP contribution in [0.25, 0.3) is 11.0 Å². The van der Waals surface area contributed by atoms with Crippen molar-refractivity contribution in [2.24, 2.45) is 10.7 Å². The number of para-hydroxylation sites is 1. The van der Waals surface area contributed by atoms with Crippen molar-refractivity contribution in [1.29, 1.82) is 0 Å². The van der Waals surface area contributed by atoms with Crippen molar-refractivity contribution in [2.75, 3.05) is 20.7 Å². The lowest BCUT2D eigenvalue weighted by Crippen LogP contribution is -2.37. The second-order valence-electron chi connectivity index (χ2n) is 6.41. The van der Waals surface area contributed by atoms with Crippen LogP contribution in [0.3, 0.4) is 0 Å². The number of primary amides is 1. The number of nitrogens with zero attached hydrogens (tertiary/aromatic N) is 2. The zero-order chi connectivity index (χ0) is 19.9. The van der Waals surface area contributed by atoms with E-state index in [0.29, 0.717) is 18.8 Å². The molecule has 3 N–H and O–H groups in total. The van der Waals surface area contributed by atoms with E-state index in [1.807, 2.05) is 60.5 Å². The molecule has 0 fully saturated rings. The van der Waals surface area contributed by atoms with E-state index < -0.39 is 5.91 Å². The number of guanidine groups is 1. The second-order valence-corrected chi connectivity index (χ2v) is 6.41. The van der Waals surface area contributed by atoms with Crippen LogP contribution in [-0.2, 0) is 17.9 Å². The molecule has 146 valence electrons. The minimum absolute atomic E-state index is 0.140. The van der Waals surface area contributed by atoms with E-state index in [1.165, 1.54) is 0 Å². The summed E-state index contributed by atoms with van der Waals surface area (Å²) in [5.74, 6) is 1.71. The summed E-state index contributed by atoms with van der Waals surface area (Å²) in [7, 11) is 3.69. The fourth-order valence-electron chi connectivity index (χ4n) is 2.89. The molecule has 2 aromatic carbocycles. The summed E-state index contributed by atoms with van der Waals surface area (Å²) in [5, 5.41) is 4.40. The number of carbonyl (C=O) groups is 1. The van der Waals surface area contributed by atoms with E-state index in [-0.39, 0.29) is 6.61 Å². The molecule has 0 bridgehead atoms. The molecular weight excluding hydrogens is 356 g/mol. The molecule has 0 aliphatic heterocycles. The van der Waals surface area contributed by atoms with Gasteiger partial charge in [0.05, 0.1) is 6.54 Å². The van der Waals surface area contributed by atoms with Gasteiger partial charge in [-0.2, -0.15) is 0 Å². The van der Waals surface area contributed by atoms with Crippen LogP contribution < -0.4 is 15.8 Å². The van der Waals surface area contributed by atoms with Gasteiger partial charge in [-0.3, -0.25) is 9.79 Å². The molecule has 28 heavy (non-hydrogen) atoms. The van der Waals surface area contributed by atoms with Gasteiger partial charge in [-0.25, -0.2) is 0 Å². The van der Waals surface area contributed by atoms with E-state index in [4.69, 9.17) is 14.9 Å². The monoisotopic (exact) mass is 380 g/mol. The summed E-state index contributed by atoms with van der Waals surface area (Å²) in [5.41, 5.74) is 6.99. The Hall–Kier alpha value is -3.48. The molecule has 1 heterocycles. The Morgan fingerprint density at radius 2 is 2.04 bits per heavy atom. The Morgan fingerprint density at radius 1 is 1.21 bits per heavy atom. The van der Waals surface area contributed by atoms with Crippen molar-refractivity contribution in [2.45, 2.75) is 13.1 Å². The number of carbonyl (C=O) groups excluding carboxylic acids is 1. The third-order valence-electron chi connectivity index (χ3n) is 4.17. The lowest BCUT2D eigenvalue weighted by molar-refractivity contribution is -0.119. The third-order valence-corrected chi connectivity index (χ3v) is 4.17. The first-order valence-electron chi connectivity index (χ1n) is 8.94. The SMILES string of the molecule is CN=C(NCc1cccc(OCC(N)=O)c1)N(C)Cc1cc2ccccc2o1. The van der Waals surface area contributed by atoms with Gasteiger partial charge in [-0.15, -0.1) is 0 Å². The summed E-state index contributed by atoms with van der Waals surface area (Å²) in [4.78, 5) is 17.2. The number of nitrogens with one attached hydrogen (secondary N) is 1. The number of benzene rings is 2. The third kappa shape index (κ3) is 5.03. The van der Waals surface area contributed by atoms with Gasteiger partial charge in [0.25, 0.3) is 5.91 Å². The van der Waals surface area contributed by atoms with Crippen molar-refractivity contribution >= 4 is 22.8 Å². The molecule has 1 amide bonds. The van der Waals surface area contributed by atoms with Gasteiger partial charge in [0.1, 0.15) is 17.1 Å². The normalized spacial score (nSPS) is 11.4. The van der Waals surface area contributed by atoms with Crippen molar-refractivity contribution in [3.63, 3.8) is 0 Å². The van der Waals surface area contributed by atoms with Crippen molar-refractivity contribution in [3.8, 4) is 5.75 Å². The summed E-state index contributed by atoms with van der Waals surface area (Å²) in [6.45, 7) is 1.01. The highest BCUT2D eigenvalue weighted by Crippen LogP contribution is 2.19. The molecule has 0 aliphatic rings. The molecule has 0 unspecified atom stereocenters. The van der Waals surface area contributed by atoms with Gasteiger partial charge in [0, 0.05) is 26.0 Å². The zero-order valence-corrected chi connectivity index (χ0v) is 16.0. The van der Waals surface area contributed by atoms with Crippen LogP contribution in [0.1, 0.15) is 11.3 Å². The predicted octanol–water partition coefficient (Wildman–Crippen LogP) is 2.50. The van der Waals surface area contributed by atoms with Crippen LogP contribution in [0.2, 0.25) is 0 Å². The minimum atomic E-state index is -0.504. The number of fused-ring (bicyclic) bond motifs is 1. The largest absolute Gasteiger partial charge is 0.484 e. The Kier molecular flexibility index (Phi) is 6.16. The van der Waals surface area contributed by atoms with Crippen LogP contribution in [0.15, 0.2) is 64.0 Å². The Bertz CT molecular complexity index is 947. The van der Waals surface area contributed by atoms with E-state index in [0.717, 1.165) is 28.3 Å². The number of hydrogen-bond donors (Lipinski definition) is 2. The standard InChI is InChI=1S/C21H24N4O3/c1-23-21(24-12-15-6-5-8-17(10-15)27-14-20(22)26)25(2)13-18-11-16-7-3-4-9-19(16)28-18/h3-11H,12-14H2,1-2H3,(H2,22,26)(H,23,24). The number of ether oxygens (including phenoxy) is 1. The van der Waals surface area contributed by atoms with E-state index >= 15 is 0 Å². The van der Waals surface area contributed by atoms with Crippen molar-refractivity contribution in [3.05, 3.63) is 65.9 Å². The molecule has 0 radical (unpaired) electrons. The van der Waals surface area contributed by atoms with Crippen LogP contribution in [0.4, 0.5) is 0 Å². The van der Waals surface area contributed by atoms with Gasteiger partial charge in [-0.05, 0) is 29.8 Å². The number of nitrogens with two attached hydrogens (primary N) is 1. The molecule has 0 saturated carbocycles. The quantitative estimate of drug-likeness (QED) is 0.485. The van der Waals surface area contributed by atoms with Crippen molar-refractivity contribution in [1.82, 2.24) is 10.2 Å². The number of aliphatic imine (C=N–C) groups is 1. The highest BCUT2D eigenvalue weighted by Gasteiger charge is 2.10. The zero-order valence-electron chi connectivity index (χ0n) is 16.0. The summed E-state index contributed by atoms with van der Waals surface area (Å²) in [6, 6.07) is 17.5. The fourth-order valence-corrected chi connectivity index (χ4v) is 2.89. The van der Waals surface area contributed by atoms with Crippen LogP contribution in [0, 0.1) is 0 Å². The summed E-state index contributed by atoms with van der Waals surface area (Å²) in [6.07, 6.45) is 0. The first kappa shape index (κ1) is 19.3. The smallest absolute Gasteiger partial charge is 0.255 e. The highest BCUT2D eigenvalue weighted by molar-refractivity contribution is 5.80. The van der Waals surface area contributed by atoms with Gasteiger partial charge in [0.2, 0.25) is 0 Å². The Labute approximate surface area is 163 Å². The van der Waals surface area contributed by atoms with Crippen LogP contribution in [0.5, 0.6) is 5.75 Å². The molecule has 7 nitrogen and oxygen atoms in total. The first-order valence-corrected chi connectivity index (χ1v) is 8.94. The predicted molar refractivity (Wildman–Crippen MR) is 109 cm³/mol. The van der Waals surface area contributed by atoms with Crippen LogP contribution in [-0.4, -0.2) is 37.5 Å². The number of hydrogen-bond acceptors (Lipinski definition) is 4. The lowest BCUT2D eigenvalue weighted by atomic mass is 10.2. The second kappa shape index (κ2) is 8.94. The molecule has 3 aromatic rings. The van der Waals surface area contributed by atoms with Crippen LogP contribution >= 0.6 is 0 Å².